The Morgan fingerprint density at radius 2 is 1.63 bits per heavy atom. The van der Waals surface area contributed by atoms with Crippen molar-refractivity contribution in [1.29, 1.82) is 0 Å². The summed E-state index contributed by atoms with van der Waals surface area (Å²) in [7, 11) is 2.16. The van der Waals surface area contributed by atoms with Gasteiger partial charge in [-0.2, -0.15) is 9.80 Å². The molecule has 14 heteroatoms. The summed E-state index contributed by atoms with van der Waals surface area (Å²) in [6.07, 6.45) is -1.84. The van der Waals surface area contributed by atoms with Gasteiger partial charge in [0.2, 0.25) is 0 Å². The first kappa shape index (κ1) is 29.4. The van der Waals surface area contributed by atoms with Gasteiger partial charge in [-0.3, -0.25) is 4.79 Å². The number of hydrogen-bond donors (Lipinski definition) is 1. The van der Waals surface area contributed by atoms with Crippen LogP contribution in [-0.4, -0.2) is 91.2 Å². The first-order valence-corrected chi connectivity index (χ1v) is 13.5. The largest absolute Gasteiger partial charge is 0.452 e. The third-order valence-corrected chi connectivity index (χ3v) is 7.35. The molecule has 3 aromatic rings. The van der Waals surface area contributed by atoms with Crippen molar-refractivity contribution >= 4 is 30.0 Å². The predicted molar refractivity (Wildman–Crippen MR) is 153 cm³/mol. The number of methoxy groups -OCH3 is 2. The fraction of sp³-hybridized carbons (Fsp3) is 0.379. The van der Waals surface area contributed by atoms with Crippen LogP contribution in [0.25, 0.3) is 22.5 Å². The number of imide groups is 4. The number of carbonyl (C=O) groups excluding carboxylic acids is 4. The third-order valence-electron chi connectivity index (χ3n) is 7.35. The molecule has 1 saturated heterocycles. The van der Waals surface area contributed by atoms with E-state index in [1.54, 1.807) is 4.90 Å². The van der Waals surface area contributed by atoms with Crippen LogP contribution in [0, 0.1) is 5.41 Å². The molecular weight excluding hydrogens is 556 g/mol. The van der Waals surface area contributed by atoms with Crippen LogP contribution in [-0.2, 0) is 20.8 Å². The molecule has 2 aliphatic heterocycles. The summed E-state index contributed by atoms with van der Waals surface area (Å²) in [5.74, 6) is 0.196. The molecule has 2 atom stereocenters. The number of aliphatic imine (C=N–C) groups is 1. The summed E-state index contributed by atoms with van der Waals surface area (Å²) in [6.45, 7) is 7.76. The van der Waals surface area contributed by atoms with Crippen molar-refractivity contribution in [3.8, 4) is 22.5 Å². The number of aromatic amines is 1. The van der Waals surface area contributed by atoms with Crippen molar-refractivity contribution in [3.05, 3.63) is 54.1 Å². The molecule has 0 bridgehead atoms. The number of nitrogens with zero attached hydrogens (tertiary/aromatic N) is 7. The quantitative estimate of drug-likeness (QED) is 0.460. The van der Waals surface area contributed by atoms with E-state index in [0.29, 0.717) is 27.9 Å². The number of H-pyrrole nitrogens is 1. The Morgan fingerprint density at radius 3 is 2.21 bits per heavy atom. The highest BCUT2D eigenvalue weighted by molar-refractivity contribution is 6.17. The van der Waals surface area contributed by atoms with Crippen LogP contribution in [0.15, 0.2) is 53.5 Å². The molecule has 2 unspecified atom stereocenters. The number of nitrogens with one attached hydrogen (secondary N) is 1. The van der Waals surface area contributed by atoms with Gasteiger partial charge in [0.25, 0.3) is 5.91 Å². The van der Waals surface area contributed by atoms with Gasteiger partial charge in [-0.25, -0.2) is 24.5 Å². The molecule has 1 aromatic heterocycles. The molecule has 2 aliphatic rings. The summed E-state index contributed by atoms with van der Waals surface area (Å²) in [4.78, 5) is 60.3. The average molecular weight is 589 g/mol. The molecule has 1 N–H and O–H groups in total. The zero-order valence-corrected chi connectivity index (χ0v) is 24.7. The fourth-order valence-electron chi connectivity index (χ4n) is 5.49. The second-order valence-electron chi connectivity index (χ2n) is 11.6. The zero-order chi connectivity index (χ0) is 31.1. The lowest BCUT2D eigenvalue weighted by Gasteiger charge is -2.45. The van der Waals surface area contributed by atoms with E-state index in [1.165, 1.54) is 6.92 Å². The SMILES string of the molecule is COC(=O)N1C(=O)C2N(Cc3ccc(-c4ccccc4-c4nnn[nH]4)cc3)C(CC(C)(C)C)=NC2(C)N(C(=O)OC)C1=O. The minimum Gasteiger partial charge on any atom is -0.452 e. The van der Waals surface area contributed by atoms with E-state index in [9.17, 15) is 19.2 Å². The Bertz CT molecular complexity index is 1600. The van der Waals surface area contributed by atoms with Crippen LogP contribution < -0.4 is 0 Å². The van der Waals surface area contributed by atoms with Crippen molar-refractivity contribution in [3.63, 3.8) is 0 Å². The maximum atomic E-state index is 13.9. The second-order valence-corrected chi connectivity index (χ2v) is 11.6. The number of hydrogen-bond acceptors (Lipinski definition) is 11. The van der Waals surface area contributed by atoms with Crippen molar-refractivity contribution in [1.82, 2.24) is 35.3 Å². The molecule has 0 spiro atoms. The summed E-state index contributed by atoms with van der Waals surface area (Å²) >= 11 is 0. The van der Waals surface area contributed by atoms with E-state index in [4.69, 9.17) is 14.5 Å². The van der Waals surface area contributed by atoms with Crippen LogP contribution in [0.1, 0.15) is 39.7 Å². The summed E-state index contributed by atoms with van der Waals surface area (Å²) < 4.78 is 9.61. The van der Waals surface area contributed by atoms with Crippen molar-refractivity contribution in [2.75, 3.05) is 14.2 Å². The minimum atomic E-state index is -1.67. The van der Waals surface area contributed by atoms with Gasteiger partial charge < -0.3 is 14.4 Å². The van der Waals surface area contributed by atoms with Crippen LogP contribution >= 0.6 is 0 Å². The first-order chi connectivity index (χ1) is 20.4. The number of urea groups is 1. The molecule has 3 heterocycles. The smallest absolute Gasteiger partial charge is 0.424 e. The van der Waals surface area contributed by atoms with Gasteiger partial charge in [-0.05, 0) is 39.5 Å². The normalized spacial score (nSPS) is 20.2. The highest BCUT2D eigenvalue weighted by atomic mass is 16.6. The Morgan fingerprint density at radius 1 is 0.977 bits per heavy atom. The van der Waals surface area contributed by atoms with Crippen LogP contribution in [0.3, 0.4) is 0 Å². The Balaban J connectivity index is 1.54. The Labute approximate surface area is 247 Å². The van der Waals surface area contributed by atoms with E-state index in [-0.39, 0.29) is 12.0 Å². The molecular formula is C29H32N8O6. The maximum absolute atomic E-state index is 13.9. The van der Waals surface area contributed by atoms with Crippen molar-refractivity contribution in [2.45, 2.75) is 52.4 Å². The lowest BCUT2D eigenvalue weighted by Crippen LogP contribution is -2.73. The van der Waals surface area contributed by atoms with E-state index >= 15 is 0 Å². The molecule has 5 amide bonds. The summed E-state index contributed by atoms with van der Waals surface area (Å²) in [6, 6.07) is 13.0. The van der Waals surface area contributed by atoms with Crippen molar-refractivity contribution < 1.29 is 28.7 Å². The first-order valence-electron chi connectivity index (χ1n) is 13.5. The molecule has 224 valence electrons. The number of benzene rings is 2. The lowest BCUT2D eigenvalue weighted by atomic mass is 9.91. The number of tetrazole rings is 1. The standard InChI is InChI=1S/C29H32N8O6/c1-28(2,3)15-21-30-29(4)22(24(38)36(26(40)42-5)25(39)37(29)27(41)43-6)35(21)16-17-11-13-18(14-12-17)19-9-7-8-10-20(19)23-31-33-34-32-23/h7-14,22H,15-16H2,1-6H3,(H,31,32,33,34). The molecule has 14 nitrogen and oxygen atoms in total. The van der Waals surface area contributed by atoms with Gasteiger partial charge in [0, 0.05) is 18.5 Å². The van der Waals surface area contributed by atoms with E-state index in [2.05, 4.69) is 20.6 Å². The molecule has 0 radical (unpaired) electrons. The van der Waals surface area contributed by atoms with E-state index in [0.717, 1.165) is 36.5 Å². The Kier molecular flexibility index (Phi) is 7.46. The predicted octanol–water partition coefficient (Wildman–Crippen LogP) is 4.07. The maximum Gasteiger partial charge on any atom is 0.424 e. The minimum absolute atomic E-state index is 0.201. The molecule has 5 rings (SSSR count). The molecule has 0 saturated carbocycles. The monoisotopic (exact) mass is 588 g/mol. The lowest BCUT2D eigenvalue weighted by molar-refractivity contribution is -0.138. The van der Waals surface area contributed by atoms with E-state index < -0.39 is 35.8 Å². The van der Waals surface area contributed by atoms with Crippen LogP contribution in [0.5, 0.6) is 0 Å². The highest BCUT2D eigenvalue weighted by Gasteiger charge is 2.64. The van der Waals surface area contributed by atoms with Gasteiger partial charge >= 0.3 is 18.2 Å². The summed E-state index contributed by atoms with van der Waals surface area (Å²) in [5.41, 5.74) is 1.55. The molecule has 1 fully saturated rings. The number of amidine groups is 1. The third kappa shape index (κ3) is 5.19. The highest BCUT2D eigenvalue weighted by Crippen LogP contribution is 2.41. The number of amides is 5. The van der Waals surface area contributed by atoms with Gasteiger partial charge in [-0.15, -0.1) is 5.10 Å². The van der Waals surface area contributed by atoms with Gasteiger partial charge in [0.05, 0.1) is 14.2 Å². The topological polar surface area (TPSA) is 163 Å². The second kappa shape index (κ2) is 10.9. The van der Waals surface area contributed by atoms with Crippen LogP contribution in [0.2, 0.25) is 0 Å². The number of carbonyl (C=O) groups is 4. The fourth-order valence-corrected chi connectivity index (χ4v) is 5.49. The molecule has 43 heavy (non-hydrogen) atoms. The van der Waals surface area contributed by atoms with Gasteiger partial charge in [0.1, 0.15) is 5.84 Å². The number of fused-ring (bicyclic) bond motifs is 1. The van der Waals surface area contributed by atoms with Crippen molar-refractivity contribution in [2.24, 2.45) is 10.4 Å². The zero-order valence-electron chi connectivity index (χ0n) is 24.7. The number of rotatable bonds is 5. The summed E-state index contributed by atoms with van der Waals surface area (Å²) in [5, 5.41) is 14.2. The molecule has 2 aromatic carbocycles. The average Bonchev–Trinajstić information content (AvgIpc) is 3.59. The number of aromatic nitrogens is 4. The number of ether oxygens (including phenoxy) is 2. The van der Waals surface area contributed by atoms with Crippen LogP contribution in [0.4, 0.5) is 14.4 Å². The van der Waals surface area contributed by atoms with Gasteiger partial charge in [0.15, 0.2) is 17.5 Å². The van der Waals surface area contributed by atoms with E-state index in [1.807, 2.05) is 69.3 Å². The molecule has 0 aliphatic carbocycles. The Hall–Kier alpha value is -5.14. The van der Waals surface area contributed by atoms with Gasteiger partial charge in [-0.1, -0.05) is 69.3 Å².